The molecular formula is C27H35N3O4. The molecule has 3 aromatic rings. The van der Waals surface area contributed by atoms with Gasteiger partial charge in [-0.05, 0) is 83.4 Å². The zero-order valence-corrected chi connectivity index (χ0v) is 20.7. The van der Waals surface area contributed by atoms with Gasteiger partial charge in [0.05, 0.1) is 28.8 Å². The van der Waals surface area contributed by atoms with Crippen LogP contribution in [0.5, 0.6) is 11.5 Å². The number of nitrogens with zero attached hydrogens (tertiary/aromatic N) is 3. The monoisotopic (exact) mass is 465 g/mol. The quantitative estimate of drug-likeness (QED) is 0.476. The van der Waals surface area contributed by atoms with Crippen LogP contribution in [0, 0.1) is 6.92 Å². The number of benzene rings is 2. The van der Waals surface area contributed by atoms with Crippen LogP contribution in [0.2, 0.25) is 0 Å². The average molecular weight is 466 g/mol. The van der Waals surface area contributed by atoms with Crippen molar-refractivity contribution in [3.05, 3.63) is 53.3 Å². The topological polar surface area (TPSA) is 76.8 Å². The van der Waals surface area contributed by atoms with Gasteiger partial charge < -0.3 is 19.1 Å². The number of imidazole rings is 1. The Kier molecular flexibility index (Phi) is 7.12. The van der Waals surface area contributed by atoms with E-state index < -0.39 is 5.97 Å². The second-order valence-corrected chi connectivity index (χ2v) is 9.69. The van der Waals surface area contributed by atoms with Crippen LogP contribution < -0.4 is 9.47 Å². The van der Waals surface area contributed by atoms with Crippen molar-refractivity contribution in [3.63, 3.8) is 0 Å². The van der Waals surface area contributed by atoms with Crippen molar-refractivity contribution in [2.45, 2.75) is 72.3 Å². The number of aromatic nitrogens is 2. The maximum absolute atomic E-state index is 11.3. The molecule has 2 heterocycles. The summed E-state index contributed by atoms with van der Waals surface area (Å²) in [4.78, 5) is 18.4. The van der Waals surface area contributed by atoms with E-state index >= 15 is 0 Å². The first-order chi connectivity index (χ1) is 16.2. The molecule has 0 spiro atoms. The first kappa shape index (κ1) is 24.1. The lowest BCUT2D eigenvalue weighted by Gasteiger charge is -2.33. The summed E-state index contributed by atoms with van der Waals surface area (Å²) >= 11 is 0. The lowest BCUT2D eigenvalue weighted by molar-refractivity contribution is 0.0697. The number of fused-ring (bicyclic) bond motifs is 1. The third-order valence-corrected chi connectivity index (χ3v) is 6.12. The highest BCUT2D eigenvalue weighted by atomic mass is 16.5. The number of hydrogen-bond donors (Lipinski definition) is 1. The number of carbonyl (C=O) groups is 1. The largest absolute Gasteiger partial charge is 0.491 e. The Labute approximate surface area is 201 Å². The van der Waals surface area contributed by atoms with Crippen LogP contribution in [0.1, 0.15) is 68.3 Å². The molecule has 4 rings (SSSR count). The molecule has 1 aliphatic heterocycles. The Balaban J connectivity index is 1.46. The lowest BCUT2D eigenvalue weighted by atomic mass is 10.0. The summed E-state index contributed by atoms with van der Waals surface area (Å²) in [6.07, 6.45) is 2.25. The van der Waals surface area contributed by atoms with Crippen molar-refractivity contribution in [2.24, 2.45) is 0 Å². The molecule has 7 nitrogen and oxygen atoms in total. The molecule has 0 aliphatic carbocycles. The molecule has 0 amide bonds. The fourth-order valence-corrected chi connectivity index (χ4v) is 4.81. The van der Waals surface area contributed by atoms with Crippen LogP contribution in [0.25, 0.3) is 11.0 Å². The fourth-order valence-electron chi connectivity index (χ4n) is 4.81. The predicted molar refractivity (Wildman–Crippen MR) is 133 cm³/mol. The normalized spacial score (nSPS) is 15.4. The molecule has 1 aliphatic rings. The van der Waals surface area contributed by atoms with E-state index in [0.717, 1.165) is 60.8 Å². The summed E-state index contributed by atoms with van der Waals surface area (Å²) < 4.78 is 14.2. The first-order valence-electron chi connectivity index (χ1n) is 12.1. The molecule has 0 atom stereocenters. The number of rotatable bonds is 8. The average Bonchev–Trinajstić information content (AvgIpc) is 3.08. The second-order valence-electron chi connectivity index (χ2n) is 9.69. The summed E-state index contributed by atoms with van der Waals surface area (Å²) in [5, 5.41) is 9.28. The highest BCUT2D eigenvalue weighted by molar-refractivity contribution is 5.92. The molecule has 0 bridgehead atoms. The van der Waals surface area contributed by atoms with Crippen LogP contribution in [0.15, 0.2) is 36.4 Å². The van der Waals surface area contributed by atoms with Crippen molar-refractivity contribution in [1.82, 2.24) is 14.5 Å². The molecular weight excluding hydrogens is 430 g/mol. The molecule has 0 unspecified atom stereocenters. The summed E-state index contributed by atoms with van der Waals surface area (Å²) in [5.41, 5.74) is 3.23. The van der Waals surface area contributed by atoms with Crippen LogP contribution in [-0.4, -0.2) is 50.8 Å². The molecule has 1 aromatic heterocycles. The maximum Gasteiger partial charge on any atom is 0.335 e. The molecule has 1 saturated heterocycles. The fraction of sp³-hybridized carbons (Fsp3) is 0.481. The van der Waals surface area contributed by atoms with Crippen molar-refractivity contribution >= 4 is 17.0 Å². The van der Waals surface area contributed by atoms with Crippen molar-refractivity contribution in [3.8, 4) is 11.5 Å². The van der Waals surface area contributed by atoms with Crippen LogP contribution >= 0.6 is 0 Å². The lowest BCUT2D eigenvalue weighted by Crippen LogP contribution is -2.34. The smallest absolute Gasteiger partial charge is 0.335 e. The summed E-state index contributed by atoms with van der Waals surface area (Å²) in [5.74, 6) is 1.70. The second kappa shape index (κ2) is 10.1. The van der Waals surface area contributed by atoms with E-state index in [-0.39, 0.29) is 17.8 Å². The van der Waals surface area contributed by atoms with Gasteiger partial charge in [0.15, 0.2) is 0 Å². The van der Waals surface area contributed by atoms with E-state index in [1.54, 1.807) is 12.1 Å². The SMILES string of the molecule is Cc1nc2cc(C(=O)O)ccc2n1C1CCN(Cc2cc(OC(C)C)cc(OC(C)C)c2)CC1. The van der Waals surface area contributed by atoms with Crippen molar-refractivity contribution < 1.29 is 19.4 Å². The van der Waals surface area contributed by atoms with Gasteiger partial charge in [0.2, 0.25) is 0 Å². The first-order valence-corrected chi connectivity index (χ1v) is 12.1. The van der Waals surface area contributed by atoms with Crippen LogP contribution in [0.3, 0.4) is 0 Å². The summed E-state index contributed by atoms with van der Waals surface area (Å²) in [6, 6.07) is 11.8. The Morgan fingerprint density at radius 1 is 1.03 bits per heavy atom. The number of piperidine rings is 1. The Morgan fingerprint density at radius 2 is 1.65 bits per heavy atom. The summed E-state index contributed by atoms with van der Waals surface area (Å²) in [7, 11) is 0. The molecule has 0 saturated carbocycles. The van der Waals surface area contributed by atoms with Gasteiger partial charge in [-0.25, -0.2) is 9.78 Å². The Morgan fingerprint density at radius 3 is 2.21 bits per heavy atom. The van der Waals surface area contributed by atoms with E-state index in [0.29, 0.717) is 6.04 Å². The molecule has 0 radical (unpaired) electrons. The van der Waals surface area contributed by atoms with E-state index in [1.807, 2.05) is 46.8 Å². The minimum Gasteiger partial charge on any atom is -0.491 e. The van der Waals surface area contributed by atoms with Gasteiger partial charge in [0.25, 0.3) is 0 Å². The molecule has 1 N–H and O–H groups in total. The Bertz CT molecular complexity index is 1130. The van der Waals surface area contributed by atoms with Gasteiger partial charge in [-0.3, -0.25) is 4.90 Å². The number of carboxylic acids is 1. The van der Waals surface area contributed by atoms with Gasteiger partial charge >= 0.3 is 5.97 Å². The summed E-state index contributed by atoms with van der Waals surface area (Å²) in [6.45, 7) is 12.9. The third kappa shape index (κ3) is 5.53. The van der Waals surface area contributed by atoms with E-state index in [4.69, 9.17) is 9.47 Å². The van der Waals surface area contributed by atoms with Gasteiger partial charge in [-0.1, -0.05) is 0 Å². The molecule has 7 heteroatoms. The zero-order valence-electron chi connectivity index (χ0n) is 20.7. The van der Waals surface area contributed by atoms with Crippen LogP contribution in [0.4, 0.5) is 0 Å². The van der Waals surface area contributed by atoms with E-state index in [9.17, 15) is 9.90 Å². The zero-order chi connectivity index (χ0) is 24.4. The van der Waals surface area contributed by atoms with Gasteiger partial charge in [-0.2, -0.15) is 0 Å². The number of ether oxygens (including phenoxy) is 2. The minimum atomic E-state index is -0.924. The van der Waals surface area contributed by atoms with Crippen molar-refractivity contribution in [1.29, 1.82) is 0 Å². The number of carboxylic acid groups (broad SMARTS) is 1. The number of hydrogen-bond acceptors (Lipinski definition) is 5. The molecule has 34 heavy (non-hydrogen) atoms. The van der Waals surface area contributed by atoms with Crippen LogP contribution in [-0.2, 0) is 6.54 Å². The maximum atomic E-state index is 11.3. The third-order valence-electron chi connectivity index (χ3n) is 6.12. The Hall–Kier alpha value is -3.06. The minimum absolute atomic E-state index is 0.109. The van der Waals surface area contributed by atoms with E-state index in [2.05, 4.69) is 26.6 Å². The number of aryl methyl sites for hydroxylation is 1. The van der Waals surface area contributed by atoms with Crippen molar-refractivity contribution in [2.75, 3.05) is 13.1 Å². The van der Waals surface area contributed by atoms with Gasteiger partial charge in [-0.15, -0.1) is 0 Å². The molecule has 182 valence electrons. The van der Waals surface area contributed by atoms with E-state index in [1.165, 1.54) is 5.56 Å². The predicted octanol–water partition coefficient (Wildman–Crippen LogP) is 5.45. The number of aromatic carboxylic acids is 1. The molecule has 2 aromatic carbocycles. The highest BCUT2D eigenvalue weighted by Gasteiger charge is 2.24. The van der Waals surface area contributed by atoms with Gasteiger partial charge in [0.1, 0.15) is 17.3 Å². The highest BCUT2D eigenvalue weighted by Crippen LogP contribution is 2.31. The number of likely N-dealkylation sites (tertiary alicyclic amines) is 1. The molecule has 1 fully saturated rings. The van der Waals surface area contributed by atoms with Gasteiger partial charge in [0, 0.05) is 31.7 Å². The standard InChI is InChI=1S/C27H35N3O4/c1-17(2)33-23-12-20(13-24(15-23)34-18(3)4)16-29-10-8-22(9-11-29)30-19(5)28-25-14-21(27(31)32)6-7-26(25)30/h6-7,12-15,17-18,22H,8-11,16H2,1-5H3,(H,31,32).